The van der Waals surface area contributed by atoms with Crippen LogP contribution in [0.1, 0.15) is 15.9 Å². The third kappa shape index (κ3) is 2.98. The molecule has 0 saturated heterocycles. The van der Waals surface area contributed by atoms with Crippen molar-refractivity contribution < 1.29 is 32.6 Å². The van der Waals surface area contributed by atoms with E-state index >= 15 is 0 Å². The van der Waals surface area contributed by atoms with Gasteiger partial charge >= 0.3 is 11.9 Å². The van der Waals surface area contributed by atoms with Crippen LogP contribution in [0.15, 0.2) is 12.1 Å². The van der Waals surface area contributed by atoms with Gasteiger partial charge in [0.05, 0.1) is 14.2 Å². The van der Waals surface area contributed by atoms with Crippen molar-refractivity contribution in [1.82, 2.24) is 0 Å². The second-order valence-corrected chi connectivity index (χ2v) is 3.90. The van der Waals surface area contributed by atoms with Gasteiger partial charge in [0.15, 0.2) is 5.78 Å². The van der Waals surface area contributed by atoms with Gasteiger partial charge in [0.1, 0.15) is 11.6 Å². The van der Waals surface area contributed by atoms with E-state index in [0.717, 1.165) is 20.3 Å². The van der Waals surface area contributed by atoms with Gasteiger partial charge in [-0.25, -0.2) is 8.78 Å². The molecule has 0 bridgehead atoms. The van der Waals surface area contributed by atoms with Gasteiger partial charge in [-0.2, -0.15) is 0 Å². The molecule has 0 aliphatic heterocycles. The summed E-state index contributed by atoms with van der Waals surface area (Å²) in [5.74, 6) is -7.27. The summed E-state index contributed by atoms with van der Waals surface area (Å²) in [6, 6.07) is 1.34. The summed E-state index contributed by atoms with van der Waals surface area (Å²) in [7, 11) is 1.95. The van der Waals surface area contributed by atoms with Gasteiger partial charge in [0.25, 0.3) is 0 Å². The van der Waals surface area contributed by atoms with E-state index in [9.17, 15) is 23.2 Å². The highest BCUT2D eigenvalue weighted by Crippen LogP contribution is 2.20. The van der Waals surface area contributed by atoms with Crippen LogP contribution in [0.25, 0.3) is 0 Å². The van der Waals surface area contributed by atoms with Gasteiger partial charge < -0.3 is 9.47 Å². The normalized spacial score (nSPS) is 10.3. The number of hydrogen-bond acceptors (Lipinski definition) is 5. The molecule has 0 unspecified atom stereocenters. The zero-order valence-electron chi connectivity index (χ0n) is 11.0. The molecule has 0 spiro atoms. The van der Waals surface area contributed by atoms with E-state index < -0.39 is 40.8 Å². The number of Topliss-reactive ketones (excluding diaryl/α,β-unsaturated/α-hetero) is 1. The fourth-order valence-electron chi connectivity index (χ4n) is 1.60. The quantitative estimate of drug-likeness (QED) is 0.475. The van der Waals surface area contributed by atoms with E-state index in [1.54, 1.807) is 0 Å². The van der Waals surface area contributed by atoms with Crippen LogP contribution in [0.4, 0.5) is 8.78 Å². The Bertz CT molecular complexity index is 552. The Morgan fingerprint density at radius 3 is 2.00 bits per heavy atom. The molecule has 0 N–H and O–H groups in total. The number of carbonyl (C=O) groups is 3. The molecular weight excluding hydrogens is 274 g/mol. The van der Waals surface area contributed by atoms with Crippen LogP contribution >= 0.6 is 0 Å². The molecule has 108 valence electrons. The molecule has 0 aliphatic rings. The number of methoxy groups -OCH3 is 2. The Hall–Kier alpha value is -2.31. The molecule has 0 saturated carbocycles. The van der Waals surface area contributed by atoms with Crippen molar-refractivity contribution in [3.05, 3.63) is 34.9 Å². The third-order valence-corrected chi connectivity index (χ3v) is 2.71. The number of hydrogen-bond donors (Lipinski definition) is 0. The molecule has 1 aromatic rings. The molecule has 0 aliphatic carbocycles. The van der Waals surface area contributed by atoms with Crippen LogP contribution < -0.4 is 0 Å². The van der Waals surface area contributed by atoms with Crippen molar-refractivity contribution in [2.45, 2.75) is 6.92 Å². The monoisotopic (exact) mass is 286 g/mol. The Kier molecular flexibility index (Phi) is 4.90. The number of esters is 2. The first-order valence-electron chi connectivity index (χ1n) is 5.49. The minimum atomic E-state index is -1.91. The summed E-state index contributed by atoms with van der Waals surface area (Å²) in [4.78, 5) is 35.1. The first-order valence-corrected chi connectivity index (χ1v) is 5.49. The van der Waals surface area contributed by atoms with Crippen molar-refractivity contribution in [3.8, 4) is 0 Å². The average molecular weight is 286 g/mol. The number of ketones is 1. The molecule has 0 aromatic heterocycles. The standard InChI is InChI=1S/C13H12F2O5/c1-6-8(4-7(14)5-9(6)15)11(16)10(12(17)19-2)13(18)20-3/h4-5,10H,1-3H3. The van der Waals surface area contributed by atoms with Crippen molar-refractivity contribution in [2.75, 3.05) is 14.2 Å². The van der Waals surface area contributed by atoms with Crippen molar-refractivity contribution in [3.63, 3.8) is 0 Å². The van der Waals surface area contributed by atoms with E-state index in [1.807, 2.05) is 0 Å². The van der Waals surface area contributed by atoms with E-state index in [0.29, 0.717) is 6.07 Å². The first-order chi connectivity index (χ1) is 9.33. The van der Waals surface area contributed by atoms with Crippen molar-refractivity contribution in [2.24, 2.45) is 5.92 Å². The molecule has 0 atom stereocenters. The summed E-state index contributed by atoms with van der Waals surface area (Å²) in [5.41, 5.74) is -0.586. The lowest BCUT2D eigenvalue weighted by Gasteiger charge is -2.13. The van der Waals surface area contributed by atoms with Gasteiger partial charge in [-0.05, 0) is 18.6 Å². The Labute approximate surface area is 113 Å². The van der Waals surface area contributed by atoms with Gasteiger partial charge in [-0.1, -0.05) is 0 Å². The lowest BCUT2D eigenvalue weighted by molar-refractivity contribution is -0.155. The van der Waals surface area contributed by atoms with Gasteiger partial charge in [0.2, 0.25) is 5.92 Å². The summed E-state index contributed by atoms with van der Waals surface area (Å²) in [6.45, 7) is 1.23. The zero-order chi connectivity index (χ0) is 15.4. The Morgan fingerprint density at radius 1 is 1.05 bits per heavy atom. The topological polar surface area (TPSA) is 69.7 Å². The first kappa shape index (κ1) is 15.7. The molecule has 20 heavy (non-hydrogen) atoms. The molecule has 5 nitrogen and oxygen atoms in total. The summed E-state index contributed by atoms with van der Waals surface area (Å²) in [5, 5.41) is 0. The highest BCUT2D eigenvalue weighted by molar-refractivity contribution is 6.21. The summed E-state index contributed by atoms with van der Waals surface area (Å²) >= 11 is 0. The number of halogens is 2. The van der Waals surface area contributed by atoms with Gasteiger partial charge in [0, 0.05) is 11.6 Å². The van der Waals surface area contributed by atoms with E-state index in [4.69, 9.17) is 0 Å². The predicted octanol–water partition coefficient (Wildman–Crippen LogP) is 1.42. The maximum absolute atomic E-state index is 13.4. The van der Waals surface area contributed by atoms with E-state index in [1.165, 1.54) is 6.92 Å². The Morgan fingerprint density at radius 2 is 1.55 bits per heavy atom. The minimum Gasteiger partial charge on any atom is -0.468 e. The second kappa shape index (κ2) is 6.23. The number of rotatable bonds is 4. The number of benzene rings is 1. The number of ether oxygens (including phenoxy) is 2. The molecule has 7 heteroatoms. The highest BCUT2D eigenvalue weighted by Gasteiger charge is 2.37. The lowest BCUT2D eigenvalue weighted by Crippen LogP contribution is -2.34. The Balaban J connectivity index is 3.33. The molecule has 1 aromatic carbocycles. The molecule has 0 radical (unpaired) electrons. The van der Waals surface area contributed by atoms with Crippen LogP contribution in [0.2, 0.25) is 0 Å². The van der Waals surface area contributed by atoms with Gasteiger partial charge in [-0.3, -0.25) is 14.4 Å². The van der Waals surface area contributed by atoms with Gasteiger partial charge in [-0.15, -0.1) is 0 Å². The van der Waals surface area contributed by atoms with Crippen LogP contribution in [0.5, 0.6) is 0 Å². The second-order valence-electron chi connectivity index (χ2n) is 3.90. The van der Waals surface area contributed by atoms with Crippen LogP contribution in [-0.2, 0) is 19.1 Å². The molecule has 0 heterocycles. The summed E-state index contributed by atoms with van der Waals surface area (Å²) in [6.07, 6.45) is 0. The molecule has 0 amide bonds. The molecule has 0 fully saturated rings. The fraction of sp³-hybridized carbons (Fsp3) is 0.308. The summed E-state index contributed by atoms with van der Waals surface area (Å²) < 4.78 is 35.2. The smallest absolute Gasteiger partial charge is 0.328 e. The zero-order valence-corrected chi connectivity index (χ0v) is 11.0. The fourth-order valence-corrected chi connectivity index (χ4v) is 1.60. The van der Waals surface area contributed by atoms with Crippen LogP contribution in [-0.4, -0.2) is 31.9 Å². The van der Waals surface area contributed by atoms with E-state index in [2.05, 4.69) is 9.47 Å². The SMILES string of the molecule is COC(=O)C(C(=O)OC)C(=O)c1cc(F)cc(F)c1C. The highest BCUT2D eigenvalue weighted by atomic mass is 19.1. The molecule has 1 rings (SSSR count). The molecular formula is C13H12F2O5. The van der Waals surface area contributed by atoms with Crippen molar-refractivity contribution in [1.29, 1.82) is 0 Å². The number of carbonyl (C=O) groups excluding carboxylic acids is 3. The maximum atomic E-state index is 13.4. The average Bonchev–Trinajstić information content (AvgIpc) is 2.42. The van der Waals surface area contributed by atoms with Crippen molar-refractivity contribution >= 4 is 17.7 Å². The van der Waals surface area contributed by atoms with Crippen LogP contribution in [0.3, 0.4) is 0 Å². The third-order valence-electron chi connectivity index (χ3n) is 2.71. The van der Waals surface area contributed by atoms with E-state index in [-0.39, 0.29) is 5.56 Å². The maximum Gasteiger partial charge on any atom is 0.328 e. The minimum absolute atomic E-state index is 0.172. The largest absolute Gasteiger partial charge is 0.468 e. The lowest BCUT2D eigenvalue weighted by atomic mass is 9.94. The predicted molar refractivity (Wildman–Crippen MR) is 62.9 cm³/mol. The van der Waals surface area contributed by atoms with Crippen LogP contribution in [0, 0.1) is 24.5 Å².